The van der Waals surface area contributed by atoms with Crippen LogP contribution in [0.4, 0.5) is 0 Å². The van der Waals surface area contributed by atoms with Crippen LogP contribution in [0.25, 0.3) is 0 Å². The van der Waals surface area contributed by atoms with Crippen LogP contribution in [-0.4, -0.2) is 54.7 Å². The third kappa shape index (κ3) is 7.89. The molecular weight excluding hydrogens is 186 g/mol. The first-order chi connectivity index (χ1) is 5.45. The summed E-state index contributed by atoms with van der Waals surface area (Å²) >= 11 is 0. The summed E-state index contributed by atoms with van der Waals surface area (Å²) in [6, 6.07) is 0. The Hall–Kier alpha value is -0.210. The van der Waals surface area contributed by atoms with Gasteiger partial charge in [0.25, 0.3) is 10.1 Å². The first kappa shape index (κ1) is 11.8. The minimum Gasteiger partial charge on any atom is -0.395 e. The molecule has 0 spiro atoms. The first-order valence-corrected chi connectivity index (χ1v) is 5.01. The fourth-order valence-electron chi connectivity index (χ4n) is 0.650. The number of aliphatic hydroxyl groups excluding tert-OH is 2. The van der Waals surface area contributed by atoms with E-state index in [0.29, 0.717) is 0 Å². The van der Waals surface area contributed by atoms with Gasteiger partial charge in [0, 0.05) is 13.1 Å². The van der Waals surface area contributed by atoms with E-state index in [0.717, 1.165) is 0 Å². The van der Waals surface area contributed by atoms with Gasteiger partial charge in [0.05, 0.1) is 12.7 Å². The normalized spacial score (nSPS) is 14.6. The van der Waals surface area contributed by atoms with Gasteiger partial charge < -0.3 is 15.5 Å². The highest BCUT2D eigenvalue weighted by Gasteiger charge is 2.12. The summed E-state index contributed by atoms with van der Waals surface area (Å²) < 4.78 is 28.7. The SMILES string of the molecule is O=S(=O)(O)CC(O)CNCCO. The maximum absolute atomic E-state index is 10.2. The molecule has 6 nitrogen and oxygen atoms in total. The Balaban J connectivity index is 3.53. The zero-order valence-corrected chi connectivity index (χ0v) is 7.29. The van der Waals surface area contributed by atoms with Gasteiger partial charge >= 0.3 is 0 Å². The van der Waals surface area contributed by atoms with Crippen molar-refractivity contribution in [3.05, 3.63) is 0 Å². The van der Waals surface area contributed by atoms with Crippen LogP contribution in [0.5, 0.6) is 0 Å². The molecule has 74 valence electrons. The fourth-order valence-corrected chi connectivity index (χ4v) is 1.25. The van der Waals surface area contributed by atoms with Gasteiger partial charge in [-0.2, -0.15) is 8.42 Å². The van der Waals surface area contributed by atoms with Crippen LogP contribution < -0.4 is 5.32 Å². The molecule has 0 aromatic rings. The van der Waals surface area contributed by atoms with Crippen molar-refractivity contribution in [2.45, 2.75) is 6.10 Å². The Labute approximate surface area is 71.0 Å². The smallest absolute Gasteiger partial charge is 0.267 e. The largest absolute Gasteiger partial charge is 0.395 e. The minimum atomic E-state index is -4.11. The van der Waals surface area contributed by atoms with E-state index >= 15 is 0 Å². The molecule has 0 rings (SSSR count). The predicted octanol–water partition coefficient (Wildman–Crippen LogP) is -2.18. The number of rotatable bonds is 6. The van der Waals surface area contributed by atoms with Crippen molar-refractivity contribution in [3.63, 3.8) is 0 Å². The summed E-state index contributed by atoms with van der Waals surface area (Å²) in [5.41, 5.74) is 0. The molecule has 0 aromatic carbocycles. The Morgan fingerprint density at radius 3 is 2.42 bits per heavy atom. The summed E-state index contributed by atoms with van der Waals surface area (Å²) in [5.74, 6) is -0.689. The van der Waals surface area contributed by atoms with Crippen molar-refractivity contribution < 1.29 is 23.2 Å². The molecule has 0 aromatic heterocycles. The lowest BCUT2D eigenvalue weighted by molar-refractivity contribution is 0.186. The van der Waals surface area contributed by atoms with E-state index in [1.807, 2.05) is 0 Å². The summed E-state index contributed by atoms with van der Waals surface area (Å²) in [4.78, 5) is 0. The van der Waals surface area contributed by atoms with E-state index in [9.17, 15) is 8.42 Å². The molecule has 1 unspecified atom stereocenters. The van der Waals surface area contributed by atoms with Gasteiger partial charge in [-0.1, -0.05) is 0 Å². The van der Waals surface area contributed by atoms with Crippen molar-refractivity contribution in [1.82, 2.24) is 5.32 Å². The third-order valence-electron chi connectivity index (χ3n) is 1.07. The van der Waals surface area contributed by atoms with Crippen molar-refractivity contribution in [1.29, 1.82) is 0 Å². The van der Waals surface area contributed by atoms with Gasteiger partial charge in [-0.25, -0.2) is 0 Å². The van der Waals surface area contributed by atoms with Crippen LogP contribution >= 0.6 is 0 Å². The summed E-state index contributed by atoms with van der Waals surface area (Å²) in [5, 5.41) is 19.8. The van der Waals surface area contributed by atoms with Gasteiger partial charge in [0.15, 0.2) is 0 Å². The molecule has 0 heterocycles. The maximum Gasteiger partial charge on any atom is 0.267 e. The van der Waals surface area contributed by atoms with Gasteiger partial charge in [-0.15, -0.1) is 0 Å². The van der Waals surface area contributed by atoms with Crippen molar-refractivity contribution >= 4 is 10.1 Å². The van der Waals surface area contributed by atoms with Gasteiger partial charge in [-0.05, 0) is 0 Å². The minimum absolute atomic E-state index is 0.0281. The average molecular weight is 199 g/mol. The van der Waals surface area contributed by atoms with Crippen LogP contribution in [-0.2, 0) is 10.1 Å². The molecule has 0 amide bonds. The van der Waals surface area contributed by atoms with Crippen LogP contribution in [0.3, 0.4) is 0 Å². The number of hydrogen-bond donors (Lipinski definition) is 4. The van der Waals surface area contributed by atoms with E-state index in [-0.39, 0.29) is 19.7 Å². The van der Waals surface area contributed by atoms with Gasteiger partial charge in [0.2, 0.25) is 0 Å². The fraction of sp³-hybridized carbons (Fsp3) is 1.00. The molecule has 4 N–H and O–H groups in total. The monoisotopic (exact) mass is 199 g/mol. The number of aliphatic hydroxyl groups is 2. The molecule has 0 aliphatic carbocycles. The summed E-state index contributed by atoms with van der Waals surface area (Å²) in [7, 11) is -4.11. The second kappa shape index (κ2) is 5.44. The van der Waals surface area contributed by atoms with E-state index in [1.165, 1.54) is 0 Å². The van der Waals surface area contributed by atoms with Crippen LogP contribution in [0.1, 0.15) is 0 Å². The van der Waals surface area contributed by atoms with Crippen molar-refractivity contribution in [2.24, 2.45) is 0 Å². The molecule has 0 fully saturated rings. The highest BCUT2D eigenvalue weighted by Crippen LogP contribution is 1.88. The Morgan fingerprint density at radius 2 is 2.00 bits per heavy atom. The number of nitrogens with one attached hydrogen (secondary N) is 1. The van der Waals surface area contributed by atoms with E-state index in [1.54, 1.807) is 0 Å². The highest BCUT2D eigenvalue weighted by atomic mass is 32.2. The lowest BCUT2D eigenvalue weighted by Crippen LogP contribution is -2.33. The summed E-state index contributed by atoms with van der Waals surface area (Å²) in [6.45, 7) is 0.224. The topological polar surface area (TPSA) is 107 Å². The Bertz CT molecular complexity index is 202. The summed E-state index contributed by atoms with van der Waals surface area (Å²) in [6.07, 6.45) is -1.15. The zero-order chi connectivity index (χ0) is 9.61. The molecular formula is C5H13NO5S. The van der Waals surface area contributed by atoms with E-state index in [4.69, 9.17) is 14.8 Å². The second-order valence-electron chi connectivity index (χ2n) is 2.33. The molecule has 12 heavy (non-hydrogen) atoms. The lowest BCUT2D eigenvalue weighted by Gasteiger charge is -2.08. The van der Waals surface area contributed by atoms with Gasteiger partial charge in [-0.3, -0.25) is 4.55 Å². The zero-order valence-electron chi connectivity index (χ0n) is 6.47. The van der Waals surface area contributed by atoms with Crippen molar-refractivity contribution in [3.8, 4) is 0 Å². The van der Waals surface area contributed by atoms with E-state index < -0.39 is 22.0 Å². The standard InChI is InChI=1S/C5H13NO5S/c7-2-1-6-3-5(8)4-12(9,10)11/h5-8H,1-4H2,(H,9,10,11). The molecule has 1 atom stereocenters. The van der Waals surface area contributed by atoms with E-state index in [2.05, 4.69) is 5.32 Å². The quantitative estimate of drug-likeness (QED) is 0.286. The second-order valence-corrected chi connectivity index (χ2v) is 3.83. The Morgan fingerprint density at radius 1 is 1.42 bits per heavy atom. The first-order valence-electron chi connectivity index (χ1n) is 3.40. The predicted molar refractivity (Wildman–Crippen MR) is 42.4 cm³/mol. The number of hydrogen-bond acceptors (Lipinski definition) is 5. The molecule has 0 aliphatic heterocycles. The molecule has 0 aliphatic rings. The van der Waals surface area contributed by atoms with Gasteiger partial charge in [0.1, 0.15) is 5.75 Å². The molecule has 0 bridgehead atoms. The molecule has 0 saturated heterocycles. The molecule has 0 radical (unpaired) electrons. The van der Waals surface area contributed by atoms with Crippen molar-refractivity contribution in [2.75, 3.05) is 25.4 Å². The average Bonchev–Trinajstić information content (AvgIpc) is 1.84. The van der Waals surface area contributed by atoms with Crippen LogP contribution in [0, 0.1) is 0 Å². The maximum atomic E-state index is 10.2. The third-order valence-corrected chi connectivity index (χ3v) is 1.88. The Kier molecular flexibility index (Phi) is 5.34. The van der Waals surface area contributed by atoms with Crippen LogP contribution in [0.15, 0.2) is 0 Å². The molecule has 7 heteroatoms. The van der Waals surface area contributed by atoms with Crippen LogP contribution in [0.2, 0.25) is 0 Å². The highest BCUT2D eigenvalue weighted by molar-refractivity contribution is 7.85. The lowest BCUT2D eigenvalue weighted by atomic mass is 10.4. The molecule has 0 saturated carbocycles.